The maximum absolute atomic E-state index is 14.1. The largest absolute Gasteiger partial charge is 0.272 e. The van der Waals surface area contributed by atoms with Gasteiger partial charge in [0.2, 0.25) is 5.78 Å². The van der Waals surface area contributed by atoms with Crippen LogP contribution in [0.5, 0.6) is 0 Å². The lowest BCUT2D eigenvalue weighted by molar-refractivity contribution is 0.435. The minimum absolute atomic E-state index is 0.0506. The number of hydrogen-bond acceptors (Lipinski definition) is 4. The van der Waals surface area contributed by atoms with Crippen LogP contribution in [0.25, 0.3) is 17.0 Å². The molecule has 1 atom stereocenters. The van der Waals surface area contributed by atoms with Gasteiger partial charge in [0.1, 0.15) is 0 Å². The van der Waals surface area contributed by atoms with Crippen molar-refractivity contribution < 1.29 is 0 Å². The van der Waals surface area contributed by atoms with E-state index in [1.54, 1.807) is 11.8 Å². The Morgan fingerprint density at radius 3 is 2.53 bits per heavy atom. The summed E-state index contributed by atoms with van der Waals surface area (Å²) in [6, 6.07) is 18.6. The van der Waals surface area contributed by atoms with Gasteiger partial charge < -0.3 is 0 Å². The zero-order chi connectivity index (χ0) is 22.3. The van der Waals surface area contributed by atoms with Crippen LogP contribution in [0, 0.1) is 0 Å². The summed E-state index contributed by atoms with van der Waals surface area (Å²) in [7, 11) is 0. The zero-order valence-electron chi connectivity index (χ0n) is 18.8. The third-order valence-corrected chi connectivity index (χ3v) is 7.77. The standard InChI is InChI=1S/C26H28N4OS/c1-4-15-32-25-28-27-24-29(17-18-11-7-6-8-12-18)23(31)21-22(30(24)25)20-14-10-9-13-19(20)16-26(21,3)5-2/h6-14H,4-5,15-17H2,1-3H3. The first-order valence-electron chi connectivity index (χ1n) is 11.3. The van der Waals surface area contributed by atoms with Crippen LogP contribution in [-0.4, -0.2) is 24.9 Å². The van der Waals surface area contributed by atoms with Crippen molar-refractivity contribution in [3.05, 3.63) is 81.6 Å². The molecule has 1 aliphatic carbocycles. The molecular formula is C26H28N4OS. The van der Waals surface area contributed by atoms with E-state index in [-0.39, 0.29) is 11.0 Å². The van der Waals surface area contributed by atoms with Gasteiger partial charge >= 0.3 is 0 Å². The van der Waals surface area contributed by atoms with Crippen molar-refractivity contribution in [1.29, 1.82) is 0 Å². The van der Waals surface area contributed by atoms with E-state index in [0.717, 1.165) is 52.6 Å². The molecule has 5 nitrogen and oxygen atoms in total. The molecule has 5 rings (SSSR count). The van der Waals surface area contributed by atoms with Gasteiger partial charge in [0.25, 0.3) is 5.56 Å². The molecule has 6 heteroatoms. The van der Waals surface area contributed by atoms with E-state index in [0.29, 0.717) is 12.3 Å². The molecule has 0 radical (unpaired) electrons. The minimum atomic E-state index is -0.246. The third-order valence-electron chi connectivity index (χ3n) is 6.63. The Labute approximate surface area is 192 Å². The molecule has 32 heavy (non-hydrogen) atoms. The zero-order valence-corrected chi connectivity index (χ0v) is 19.7. The Kier molecular flexibility index (Phi) is 5.41. The summed E-state index contributed by atoms with van der Waals surface area (Å²) in [6.45, 7) is 7.06. The fourth-order valence-corrected chi connectivity index (χ4v) is 5.57. The van der Waals surface area contributed by atoms with Crippen molar-refractivity contribution in [2.75, 3.05) is 5.75 Å². The molecule has 1 unspecified atom stereocenters. The van der Waals surface area contributed by atoms with Crippen LogP contribution < -0.4 is 5.56 Å². The van der Waals surface area contributed by atoms with Gasteiger partial charge in [0.05, 0.1) is 12.2 Å². The summed E-state index contributed by atoms with van der Waals surface area (Å²) >= 11 is 1.71. The Hall–Kier alpha value is -2.86. The van der Waals surface area contributed by atoms with Crippen molar-refractivity contribution in [2.45, 2.75) is 57.1 Å². The number of benzene rings is 2. The molecule has 2 aromatic carbocycles. The Balaban J connectivity index is 1.88. The lowest BCUT2D eigenvalue weighted by Gasteiger charge is -2.36. The monoisotopic (exact) mass is 444 g/mol. The molecule has 0 saturated carbocycles. The second kappa shape index (κ2) is 8.24. The van der Waals surface area contributed by atoms with E-state index in [1.165, 1.54) is 5.56 Å². The van der Waals surface area contributed by atoms with E-state index in [1.807, 2.05) is 22.8 Å². The van der Waals surface area contributed by atoms with Gasteiger partial charge in [0.15, 0.2) is 5.16 Å². The number of hydrogen-bond donors (Lipinski definition) is 0. The van der Waals surface area contributed by atoms with E-state index < -0.39 is 0 Å². The van der Waals surface area contributed by atoms with E-state index in [9.17, 15) is 4.79 Å². The SMILES string of the molecule is CCCSc1nnc2n(Cc3ccccc3)c(=O)c3c(n12)-c1ccccc1CC3(C)CC. The normalized spacial score (nSPS) is 17.3. The number of fused-ring (bicyclic) bond motifs is 5. The average molecular weight is 445 g/mol. The molecule has 2 heterocycles. The molecule has 164 valence electrons. The van der Waals surface area contributed by atoms with E-state index in [2.05, 4.69) is 71.8 Å². The molecule has 4 aromatic rings. The predicted molar refractivity (Wildman–Crippen MR) is 131 cm³/mol. The second-order valence-corrected chi connectivity index (χ2v) is 9.88. The number of aromatic nitrogens is 4. The summed E-state index contributed by atoms with van der Waals surface area (Å²) in [5.74, 6) is 1.58. The molecule has 1 aliphatic rings. The van der Waals surface area contributed by atoms with Gasteiger partial charge in [-0.1, -0.05) is 87.1 Å². The lowest BCUT2D eigenvalue weighted by atomic mass is 9.69. The predicted octanol–water partition coefficient (Wildman–Crippen LogP) is 5.33. The summed E-state index contributed by atoms with van der Waals surface area (Å²) in [4.78, 5) is 14.1. The maximum atomic E-state index is 14.1. The molecule has 0 spiro atoms. The van der Waals surface area contributed by atoms with Gasteiger partial charge in [-0.05, 0) is 30.4 Å². The average Bonchev–Trinajstić information content (AvgIpc) is 3.24. The highest BCUT2D eigenvalue weighted by Crippen LogP contribution is 2.44. The Morgan fingerprint density at radius 2 is 1.78 bits per heavy atom. The molecule has 2 aromatic heterocycles. The van der Waals surface area contributed by atoms with Crippen LogP contribution in [0.15, 0.2) is 64.5 Å². The van der Waals surface area contributed by atoms with Crippen LogP contribution >= 0.6 is 11.8 Å². The highest BCUT2D eigenvalue weighted by Gasteiger charge is 2.39. The highest BCUT2D eigenvalue weighted by molar-refractivity contribution is 7.99. The van der Waals surface area contributed by atoms with Crippen LogP contribution in [0.3, 0.4) is 0 Å². The van der Waals surface area contributed by atoms with Crippen LogP contribution in [0.2, 0.25) is 0 Å². The highest BCUT2D eigenvalue weighted by atomic mass is 32.2. The molecule has 0 fully saturated rings. The first kappa shape index (κ1) is 21.0. The Bertz CT molecular complexity index is 1340. The van der Waals surface area contributed by atoms with Crippen LogP contribution in [0.1, 0.15) is 50.3 Å². The van der Waals surface area contributed by atoms with Gasteiger partial charge in [-0.25, -0.2) is 0 Å². The summed E-state index contributed by atoms with van der Waals surface area (Å²) < 4.78 is 3.96. The smallest absolute Gasteiger partial charge is 0.259 e. The van der Waals surface area contributed by atoms with Crippen LogP contribution in [-0.2, 0) is 18.4 Å². The third kappa shape index (κ3) is 3.28. The maximum Gasteiger partial charge on any atom is 0.259 e. The van der Waals surface area contributed by atoms with Gasteiger partial charge in [-0.3, -0.25) is 13.8 Å². The van der Waals surface area contributed by atoms with Crippen molar-refractivity contribution >= 4 is 17.5 Å². The van der Waals surface area contributed by atoms with Crippen molar-refractivity contribution in [1.82, 2.24) is 19.2 Å². The molecule has 0 saturated heterocycles. The van der Waals surface area contributed by atoms with Crippen molar-refractivity contribution in [3.63, 3.8) is 0 Å². The first-order chi connectivity index (χ1) is 15.6. The van der Waals surface area contributed by atoms with Gasteiger partial charge in [0, 0.05) is 22.3 Å². The quantitative estimate of drug-likeness (QED) is 0.377. The summed E-state index contributed by atoms with van der Waals surface area (Å²) in [5, 5.41) is 9.94. The second-order valence-electron chi connectivity index (χ2n) is 8.82. The number of rotatable bonds is 6. The van der Waals surface area contributed by atoms with Crippen molar-refractivity contribution in [3.8, 4) is 11.3 Å². The van der Waals surface area contributed by atoms with E-state index in [4.69, 9.17) is 0 Å². The Morgan fingerprint density at radius 1 is 1.03 bits per heavy atom. The van der Waals surface area contributed by atoms with E-state index >= 15 is 0 Å². The fraction of sp³-hybridized carbons (Fsp3) is 0.346. The first-order valence-corrected chi connectivity index (χ1v) is 12.3. The molecule has 0 bridgehead atoms. The topological polar surface area (TPSA) is 52.2 Å². The molecule has 0 amide bonds. The summed E-state index contributed by atoms with van der Waals surface area (Å²) in [5.41, 5.74) is 5.16. The van der Waals surface area contributed by atoms with Crippen LogP contribution in [0.4, 0.5) is 0 Å². The number of thioether (sulfide) groups is 1. The fourth-order valence-electron chi connectivity index (χ4n) is 4.78. The molecular weight excluding hydrogens is 416 g/mol. The molecule has 0 aliphatic heterocycles. The van der Waals surface area contributed by atoms with Crippen molar-refractivity contribution in [2.24, 2.45) is 0 Å². The molecule has 0 N–H and O–H groups in total. The lowest BCUT2D eigenvalue weighted by Crippen LogP contribution is -2.40. The van der Waals surface area contributed by atoms with Gasteiger partial charge in [-0.2, -0.15) is 0 Å². The summed E-state index contributed by atoms with van der Waals surface area (Å²) in [6.07, 6.45) is 2.80. The minimum Gasteiger partial charge on any atom is -0.272 e. The number of nitrogens with zero attached hydrogens (tertiary/aromatic N) is 4. The van der Waals surface area contributed by atoms with Gasteiger partial charge in [-0.15, -0.1) is 10.2 Å².